The highest BCUT2D eigenvalue weighted by atomic mass is 16.5. The molecule has 0 aromatic heterocycles. The Kier molecular flexibility index (Phi) is 4.43. The molecule has 2 rings (SSSR count). The average molecular weight is 233 g/mol. The number of ether oxygens (including phenoxy) is 1. The van der Waals surface area contributed by atoms with Crippen molar-refractivity contribution in [2.75, 3.05) is 13.7 Å². The number of hydrogen-bond acceptors (Lipinski definition) is 2. The summed E-state index contributed by atoms with van der Waals surface area (Å²) in [5.41, 5.74) is 1.29. The van der Waals surface area contributed by atoms with Gasteiger partial charge in [-0.1, -0.05) is 31.4 Å². The minimum absolute atomic E-state index is 0.380. The van der Waals surface area contributed by atoms with Crippen LogP contribution in [0, 0.1) is 5.92 Å². The van der Waals surface area contributed by atoms with Gasteiger partial charge in [-0.2, -0.15) is 0 Å². The maximum absolute atomic E-state index is 5.82. The molecule has 0 radical (unpaired) electrons. The van der Waals surface area contributed by atoms with Crippen LogP contribution in [0.1, 0.15) is 44.2 Å². The third kappa shape index (κ3) is 3.47. The van der Waals surface area contributed by atoms with Crippen molar-refractivity contribution in [1.29, 1.82) is 0 Å². The van der Waals surface area contributed by atoms with Gasteiger partial charge in [0.05, 0.1) is 6.61 Å². The first-order valence-electron chi connectivity index (χ1n) is 6.69. The van der Waals surface area contributed by atoms with Gasteiger partial charge in [0.25, 0.3) is 0 Å². The fourth-order valence-corrected chi connectivity index (χ4v) is 2.17. The molecular formula is C15H23NO. The molecule has 2 nitrogen and oxygen atoms in total. The summed E-state index contributed by atoms with van der Waals surface area (Å²) >= 11 is 0. The molecule has 2 heteroatoms. The van der Waals surface area contributed by atoms with Crippen molar-refractivity contribution >= 4 is 0 Å². The molecule has 1 N–H and O–H groups in total. The molecule has 1 saturated carbocycles. The number of benzene rings is 1. The van der Waals surface area contributed by atoms with E-state index in [1.54, 1.807) is 0 Å². The van der Waals surface area contributed by atoms with Gasteiger partial charge in [0, 0.05) is 6.04 Å². The van der Waals surface area contributed by atoms with Crippen LogP contribution in [0.15, 0.2) is 24.3 Å². The maximum Gasteiger partial charge on any atom is 0.119 e. The number of hydrogen-bond donors (Lipinski definition) is 1. The lowest BCUT2D eigenvalue weighted by atomic mass is 9.83. The second kappa shape index (κ2) is 6.06. The molecule has 94 valence electrons. The summed E-state index contributed by atoms with van der Waals surface area (Å²) in [6.07, 6.45) is 5.44. The summed E-state index contributed by atoms with van der Waals surface area (Å²) in [4.78, 5) is 0. The summed E-state index contributed by atoms with van der Waals surface area (Å²) in [6, 6.07) is 8.78. The van der Waals surface area contributed by atoms with Gasteiger partial charge < -0.3 is 10.1 Å². The predicted octanol–water partition coefficient (Wildman–Crippen LogP) is 3.54. The standard InChI is InChI=1S/C15H23NO/c1-12(16-2)14-7-4-8-15(11-14)17-10-9-13-5-3-6-13/h4,7-8,11-13,16H,3,5-6,9-10H2,1-2H3. The van der Waals surface area contributed by atoms with Crippen molar-refractivity contribution in [2.45, 2.75) is 38.6 Å². The topological polar surface area (TPSA) is 21.3 Å². The van der Waals surface area contributed by atoms with E-state index in [0.29, 0.717) is 6.04 Å². The molecule has 1 aromatic carbocycles. The van der Waals surface area contributed by atoms with E-state index < -0.39 is 0 Å². The summed E-state index contributed by atoms with van der Waals surface area (Å²) in [5.74, 6) is 1.93. The summed E-state index contributed by atoms with van der Waals surface area (Å²) < 4.78 is 5.82. The van der Waals surface area contributed by atoms with Crippen LogP contribution < -0.4 is 10.1 Å². The molecule has 1 aromatic rings. The van der Waals surface area contributed by atoms with Gasteiger partial charge in [-0.15, -0.1) is 0 Å². The van der Waals surface area contributed by atoms with Gasteiger partial charge in [0.15, 0.2) is 0 Å². The summed E-state index contributed by atoms with van der Waals surface area (Å²) in [7, 11) is 1.98. The molecule has 0 heterocycles. The SMILES string of the molecule is CNC(C)c1cccc(OCCC2CCC2)c1. The van der Waals surface area contributed by atoms with Crippen molar-refractivity contribution in [3.05, 3.63) is 29.8 Å². The van der Waals surface area contributed by atoms with Crippen LogP contribution in [-0.4, -0.2) is 13.7 Å². The molecule has 1 fully saturated rings. The Balaban J connectivity index is 1.82. The van der Waals surface area contributed by atoms with E-state index in [-0.39, 0.29) is 0 Å². The minimum Gasteiger partial charge on any atom is -0.494 e. The zero-order valence-corrected chi connectivity index (χ0v) is 10.9. The molecule has 1 aliphatic carbocycles. The largest absolute Gasteiger partial charge is 0.494 e. The molecule has 0 saturated heterocycles. The fraction of sp³-hybridized carbons (Fsp3) is 0.600. The van der Waals surface area contributed by atoms with Gasteiger partial charge in [-0.3, -0.25) is 0 Å². The lowest BCUT2D eigenvalue weighted by molar-refractivity contribution is 0.222. The van der Waals surface area contributed by atoms with Crippen molar-refractivity contribution < 1.29 is 4.74 Å². The lowest BCUT2D eigenvalue weighted by Crippen LogP contribution is -2.15. The first-order valence-corrected chi connectivity index (χ1v) is 6.69. The zero-order chi connectivity index (χ0) is 12.1. The summed E-state index contributed by atoms with van der Waals surface area (Å²) in [6.45, 7) is 3.02. The highest BCUT2D eigenvalue weighted by Crippen LogP contribution is 2.29. The Morgan fingerprint density at radius 2 is 2.24 bits per heavy atom. The highest BCUT2D eigenvalue weighted by molar-refractivity contribution is 5.30. The van der Waals surface area contributed by atoms with Crippen LogP contribution in [0.3, 0.4) is 0 Å². The third-order valence-electron chi connectivity index (χ3n) is 3.81. The Morgan fingerprint density at radius 1 is 1.41 bits per heavy atom. The number of nitrogens with one attached hydrogen (secondary N) is 1. The van der Waals surface area contributed by atoms with Gasteiger partial charge in [0.2, 0.25) is 0 Å². The van der Waals surface area contributed by atoms with Crippen LogP contribution in [0.4, 0.5) is 0 Å². The first-order chi connectivity index (χ1) is 8.29. The van der Waals surface area contributed by atoms with Gasteiger partial charge in [0.1, 0.15) is 5.75 Å². The number of rotatable bonds is 6. The molecule has 0 amide bonds. The van der Waals surface area contributed by atoms with Gasteiger partial charge >= 0.3 is 0 Å². The van der Waals surface area contributed by atoms with E-state index in [9.17, 15) is 0 Å². The van der Waals surface area contributed by atoms with E-state index in [2.05, 4.69) is 30.4 Å². The van der Waals surface area contributed by atoms with Crippen molar-refractivity contribution in [3.63, 3.8) is 0 Å². The quantitative estimate of drug-likeness (QED) is 0.811. The molecule has 1 atom stereocenters. The maximum atomic E-state index is 5.82. The highest BCUT2D eigenvalue weighted by Gasteiger charge is 2.16. The van der Waals surface area contributed by atoms with Crippen LogP contribution >= 0.6 is 0 Å². The lowest BCUT2D eigenvalue weighted by Gasteiger charge is -2.25. The van der Waals surface area contributed by atoms with Crippen molar-refractivity contribution in [1.82, 2.24) is 5.32 Å². The molecular weight excluding hydrogens is 210 g/mol. The predicted molar refractivity (Wildman–Crippen MR) is 71.4 cm³/mol. The average Bonchev–Trinajstić information content (AvgIpc) is 2.32. The van der Waals surface area contributed by atoms with Crippen LogP contribution in [0.5, 0.6) is 5.75 Å². The summed E-state index contributed by atoms with van der Waals surface area (Å²) in [5, 5.41) is 3.25. The van der Waals surface area contributed by atoms with Gasteiger partial charge in [-0.05, 0) is 44.0 Å². The molecule has 0 spiro atoms. The Morgan fingerprint density at radius 3 is 2.88 bits per heavy atom. The minimum atomic E-state index is 0.380. The Hall–Kier alpha value is -1.02. The molecule has 1 unspecified atom stereocenters. The smallest absolute Gasteiger partial charge is 0.119 e. The van der Waals surface area contributed by atoms with E-state index in [1.807, 2.05) is 13.1 Å². The molecule has 1 aliphatic rings. The monoisotopic (exact) mass is 233 g/mol. The second-order valence-electron chi connectivity index (χ2n) is 5.02. The van der Waals surface area contributed by atoms with Gasteiger partial charge in [-0.25, -0.2) is 0 Å². The van der Waals surface area contributed by atoms with E-state index in [0.717, 1.165) is 18.3 Å². The normalized spacial score (nSPS) is 17.5. The van der Waals surface area contributed by atoms with Crippen LogP contribution in [-0.2, 0) is 0 Å². The van der Waals surface area contributed by atoms with Crippen molar-refractivity contribution in [3.8, 4) is 5.75 Å². The Bertz CT molecular complexity index is 347. The zero-order valence-electron chi connectivity index (χ0n) is 10.9. The molecule has 0 bridgehead atoms. The fourth-order valence-electron chi connectivity index (χ4n) is 2.17. The van der Waals surface area contributed by atoms with E-state index in [1.165, 1.54) is 31.2 Å². The molecule has 0 aliphatic heterocycles. The third-order valence-corrected chi connectivity index (χ3v) is 3.81. The Labute approximate surface area is 104 Å². The van der Waals surface area contributed by atoms with Crippen LogP contribution in [0.25, 0.3) is 0 Å². The van der Waals surface area contributed by atoms with Crippen molar-refractivity contribution in [2.24, 2.45) is 5.92 Å². The van der Waals surface area contributed by atoms with E-state index >= 15 is 0 Å². The van der Waals surface area contributed by atoms with Crippen LogP contribution in [0.2, 0.25) is 0 Å². The molecule has 17 heavy (non-hydrogen) atoms. The van der Waals surface area contributed by atoms with E-state index in [4.69, 9.17) is 4.74 Å². The first kappa shape index (κ1) is 12.4. The second-order valence-corrected chi connectivity index (χ2v) is 5.02.